The zero-order chi connectivity index (χ0) is 22.7. The lowest BCUT2D eigenvalue weighted by molar-refractivity contribution is 0.311. The Morgan fingerprint density at radius 3 is 2.50 bits per heavy atom. The lowest BCUT2D eigenvalue weighted by atomic mass is 10.0. The highest BCUT2D eigenvalue weighted by atomic mass is 32.1. The summed E-state index contributed by atoms with van der Waals surface area (Å²) in [5.41, 5.74) is 4.77. The van der Waals surface area contributed by atoms with Crippen molar-refractivity contribution in [2.75, 3.05) is 11.9 Å². The SMILES string of the molecule is CCOc1ccc(NC(=S)N(Cc2cc3c(C)ccc(C)c3[nH]c2=O)C2CCCC2)cc1. The molecule has 0 aliphatic heterocycles. The zero-order valence-corrected chi connectivity index (χ0v) is 19.8. The highest BCUT2D eigenvalue weighted by molar-refractivity contribution is 7.80. The summed E-state index contributed by atoms with van der Waals surface area (Å²) in [5, 5.41) is 5.12. The fourth-order valence-corrected chi connectivity index (χ4v) is 4.83. The molecule has 0 amide bonds. The summed E-state index contributed by atoms with van der Waals surface area (Å²) in [4.78, 5) is 18.3. The summed E-state index contributed by atoms with van der Waals surface area (Å²) in [5.74, 6) is 0.838. The molecule has 3 aromatic rings. The van der Waals surface area contributed by atoms with Crippen LogP contribution in [-0.2, 0) is 6.54 Å². The second-order valence-electron chi connectivity index (χ2n) is 8.57. The quantitative estimate of drug-likeness (QED) is 0.474. The van der Waals surface area contributed by atoms with Gasteiger partial charge in [0.25, 0.3) is 5.56 Å². The maximum atomic E-state index is 13.0. The Morgan fingerprint density at radius 2 is 1.81 bits per heavy atom. The molecule has 5 nitrogen and oxygen atoms in total. The van der Waals surface area contributed by atoms with E-state index in [4.69, 9.17) is 17.0 Å². The van der Waals surface area contributed by atoms with Gasteiger partial charge in [-0.15, -0.1) is 0 Å². The van der Waals surface area contributed by atoms with E-state index < -0.39 is 0 Å². The number of thiocarbonyl (C=S) groups is 1. The number of aryl methyl sites for hydroxylation is 2. The van der Waals surface area contributed by atoms with E-state index in [1.54, 1.807) is 0 Å². The first-order chi connectivity index (χ1) is 15.5. The van der Waals surface area contributed by atoms with Crippen LogP contribution in [0, 0.1) is 13.8 Å². The fourth-order valence-electron chi connectivity index (χ4n) is 4.50. The van der Waals surface area contributed by atoms with E-state index in [1.165, 1.54) is 12.8 Å². The third-order valence-corrected chi connectivity index (χ3v) is 6.64. The maximum absolute atomic E-state index is 13.0. The molecule has 0 atom stereocenters. The number of ether oxygens (including phenoxy) is 1. The molecule has 2 N–H and O–H groups in total. The Labute approximate surface area is 194 Å². The van der Waals surface area contributed by atoms with E-state index in [0.29, 0.717) is 24.3 Å². The van der Waals surface area contributed by atoms with Crippen molar-refractivity contribution in [3.8, 4) is 5.75 Å². The lowest BCUT2D eigenvalue weighted by Crippen LogP contribution is -2.42. The number of aromatic nitrogens is 1. The maximum Gasteiger partial charge on any atom is 0.253 e. The Kier molecular flexibility index (Phi) is 6.80. The second-order valence-corrected chi connectivity index (χ2v) is 8.95. The minimum Gasteiger partial charge on any atom is -0.494 e. The number of aromatic amines is 1. The molecule has 2 aromatic carbocycles. The Bertz CT molecular complexity index is 1160. The van der Waals surface area contributed by atoms with Crippen LogP contribution < -0.4 is 15.6 Å². The zero-order valence-electron chi connectivity index (χ0n) is 19.0. The highest BCUT2D eigenvalue weighted by Crippen LogP contribution is 2.27. The van der Waals surface area contributed by atoms with Crippen molar-refractivity contribution in [1.82, 2.24) is 9.88 Å². The fraction of sp³-hybridized carbons (Fsp3) is 0.385. The monoisotopic (exact) mass is 449 g/mol. The van der Waals surface area contributed by atoms with Crippen molar-refractivity contribution >= 4 is 33.9 Å². The van der Waals surface area contributed by atoms with E-state index in [1.807, 2.05) is 50.2 Å². The first-order valence-electron chi connectivity index (χ1n) is 11.4. The van der Waals surface area contributed by atoms with Gasteiger partial charge < -0.3 is 19.9 Å². The molecule has 1 saturated carbocycles. The molecule has 168 valence electrons. The van der Waals surface area contributed by atoms with Gasteiger partial charge in [0.05, 0.1) is 18.7 Å². The molecule has 6 heteroatoms. The van der Waals surface area contributed by atoms with Gasteiger partial charge in [0.1, 0.15) is 5.75 Å². The van der Waals surface area contributed by atoms with Crippen molar-refractivity contribution in [3.63, 3.8) is 0 Å². The van der Waals surface area contributed by atoms with Crippen LogP contribution in [-0.4, -0.2) is 27.6 Å². The number of nitrogens with one attached hydrogen (secondary N) is 2. The molecule has 1 heterocycles. The minimum atomic E-state index is -0.0435. The summed E-state index contributed by atoms with van der Waals surface area (Å²) in [6.07, 6.45) is 4.57. The standard InChI is InChI=1S/C26H31N3O2S/c1-4-31-22-13-11-20(12-14-22)27-26(32)29(21-7-5-6-8-21)16-19-15-23-17(2)9-10-18(3)24(23)28-25(19)30/h9-15,21H,4-8,16H2,1-3H3,(H,27,32)(H,28,30). The van der Waals surface area contributed by atoms with Gasteiger partial charge in [-0.1, -0.05) is 25.0 Å². The van der Waals surface area contributed by atoms with Gasteiger partial charge in [-0.3, -0.25) is 4.79 Å². The van der Waals surface area contributed by atoms with Gasteiger partial charge in [-0.2, -0.15) is 0 Å². The minimum absolute atomic E-state index is 0.0435. The van der Waals surface area contributed by atoms with Crippen LogP contribution in [0.4, 0.5) is 5.69 Å². The molecule has 0 radical (unpaired) electrons. The molecule has 0 bridgehead atoms. The predicted molar refractivity (Wildman–Crippen MR) is 136 cm³/mol. The number of H-pyrrole nitrogens is 1. The van der Waals surface area contributed by atoms with E-state index in [0.717, 1.165) is 51.9 Å². The topological polar surface area (TPSA) is 57.4 Å². The van der Waals surface area contributed by atoms with Gasteiger partial charge in [0.2, 0.25) is 0 Å². The first kappa shape index (κ1) is 22.3. The van der Waals surface area contributed by atoms with Gasteiger partial charge in [0.15, 0.2) is 5.11 Å². The van der Waals surface area contributed by atoms with Gasteiger partial charge in [-0.05, 0) is 87.3 Å². The van der Waals surface area contributed by atoms with Gasteiger partial charge >= 0.3 is 0 Å². The van der Waals surface area contributed by atoms with Crippen molar-refractivity contribution in [2.24, 2.45) is 0 Å². The molecule has 0 unspecified atom stereocenters. The number of rotatable bonds is 6. The van der Waals surface area contributed by atoms with E-state index in [-0.39, 0.29) is 5.56 Å². The summed E-state index contributed by atoms with van der Waals surface area (Å²) in [7, 11) is 0. The number of hydrogen-bond acceptors (Lipinski definition) is 3. The lowest BCUT2D eigenvalue weighted by Gasteiger charge is -2.31. The molecule has 4 rings (SSSR count). The summed E-state index contributed by atoms with van der Waals surface area (Å²) in [6, 6.07) is 14.4. The van der Waals surface area contributed by atoms with Crippen LogP contribution in [0.2, 0.25) is 0 Å². The van der Waals surface area contributed by atoms with E-state index >= 15 is 0 Å². The van der Waals surface area contributed by atoms with Gasteiger partial charge in [0, 0.05) is 22.7 Å². The molecule has 1 aromatic heterocycles. The Morgan fingerprint density at radius 1 is 1.12 bits per heavy atom. The molecule has 0 saturated heterocycles. The second kappa shape index (κ2) is 9.74. The largest absolute Gasteiger partial charge is 0.494 e. The summed E-state index contributed by atoms with van der Waals surface area (Å²) < 4.78 is 5.53. The molecule has 1 aliphatic rings. The molecule has 0 spiro atoms. The van der Waals surface area contributed by atoms with Crippen molar-refractivity contribution < 1.29 is 4.74 Å². The number of hydrogen-bond donors (Lipinski definition) is 2. The van der Waals surface area contributed by atoms with Crippen LogP contribution in [0.5, 0.6) is 5.75 Å². The molecular weight excluding hydrogens is 418 g/mol. The molecule has 32 heavy (non-hydrogen) atoms. The Balaban J connectivity index is 1.61. The van der Waals surface area contributed by atoms with Crippen molar-refractivity contribution in [3.05, 3.63) is 69.5 Å². The van der Waals surface area contributed by atoms with Crippen LogP contribution in [0.1, 0.15) is 49.3 Å². The summed E-state index contributed by atoms with van der Waals surface area (Å²) >= 11 is 5.83. The molecular formula is C26H31N3O2S. The summed E-state index contributed by atoms with van der Waals surface area (Å²) in [6.45, 7) is 7.21. The number of pyridine rings is 1. The normalized spacial score (nSPS) is 14.0. The molecule has 1 fully saturated rings. The molecule has 1 aliphatic carbocycles. The van der Waals surface area contributed by atoms with E-state index in [2.05, 4.69) is 28.2 Å². The average Bonchev–Trinajstić information content (AvgIpc) is 3.31. The van der Waals surface area contributed by atoms with Crippen LogP contribution >= 0.6 is 12.2 Å². The predicted octanol–water partition coefficient (Wildman–Crippen LogP) is 5.69. The van der Waals surface area contributed by atoms with E-state index in [9.17, 15) is 4.79 Å². The number of fused-ring (bicyclic) bond motifs is 1. The van der Waals surface area contributed by atoms with Crippen LogP contribution in [0.3, 0.4) is 0 Å². The van der Waals surface area contributed by atoms with Gasteiger partial charge in [-0.25, -0.2) is 0 Å². The third-order valence-electron chi connectivity index (χ3n) is 6.30. The average molecular weight is 450 g/mol. The van der Waals surface area contributed by atoms with Crippen molar-refractivity contribution in [2.45, 2.75) is 59.0 Å². The number of benzene rings is 2. The van der Waals surface area contributed by atoms with Crippen LogP contribution in [0.15, 0.2) is 47.3 Å². The van der Waals surface area contributed by atoms with Crippen LogP contribution in [0.25, 0.3) is 10.9 Å². The number of anilines is 1. The number of nitrogens with zero attached hydrogens (tertiary/aromatic N) is 1. The third kappa shape index (κ3) is 4.80. The van der Waals surface area contributed by atoms with Crippen molar-refractivity contribution in [1.29, 1.82) is 0 Å². The smallest absolute Gasteiger partial charge is 0.253 e. The first-order valence-corrected chi connectivity index (χ1v) is 11.8. The highest BCUT2D eigenvalue weighted by Gasteiger charge is 2.26. The Hall–Kier alpha value is -2.86.